The number of hydrogen-bond donors (Lipinski definition) is 2. The van der Waals surface area contributed by atoms with E-state index in [0.29, 0.717) is 22.9 Å². The molecule has 0 spiro atoms. The Morgan fingerprint density at radius 2 is 2.07 bits per heavy atom. The Labute approximate surface area is 100.0 Å². The lowest BCUT2D eigenvalue weighted by Crippen LogP contribution is -2.33. The molecule has 0 radical (unpaired) electrons. The molecule has 0 fully saturated rings. The van der Waals surface area contributed by atoms with Crippen LogP contribution >= 0.6 is 23.2 Å². The highest BCUT2D eigenvalue weighted by atomic mass is 35.5. The Balaban J connectivity index is 2.93. The highest BCUT2D eigenvalue weighted by Gasteiger charge is 2.23. The fraction of sp³-hybridized carbons (Fsp3) is 0.455. The van der Waals surface area contributed by atoms with Crippen LogP contribution in [0.5, 0.6) is 0 Å². The number of aliphatic hydroxyl groups excluding tert-OH is 1. The van der Waals surface area contributed by atoms with Crippen LogP contribution in [0.4, 0.5) is 0 Å². The normalized spacial score (nSPS) is 15.0. The second-order valence-electron chi connectivity index (χ2n) is 3.87. The predicted molar refractivity (Wildman–Crippen MR) is 64.3 cm³/mol. The molecule has 4 heteroatoms. The molecule has 15 heavy (non-hydrogen) atoms. The largest absolute Gasteiger partial charge is 0.396 e. The van der Waals surface area contributed by atoms with Crippen molar-refractivity contribution in [3.8, 4) is 0 Å². The number of rotatable bonds is 4. The van der Waals surface area contributed by atoms with Gasteiger partial charge in [0.15, 0.2) is 0 Å². The van der Waals surface area contributed by atoms with Crippen molar-refractivity contribution in [3.05, 3.63) is 33.8 Å². The van der Waals surface area contributed by atoms with Gasteiger partial charge < -0.3 is 10.8 Å². The quantitative estimate of drug-likeness (QED) is 0.860. The molecule has 0 aromatic heterocycles. The van der Waals surface area contributed by atoms with Crippen molar-refractivity contribution in [2.45, 2.75) is 25.3 Å². The lowest BCUT2D eigenvalue weighted by molar-refractivity contribution is 0.265. The Morgan fingerprint density at radius 1 is 1.40 bits per heavy atom. The molecule has 0 saturated carbocycles. The van der Waals surface area contributed by atoms with Crippen LogP contribution in [0.25, 0.3) is 0 Å². The third-order valence-electron chi connectivity index (χ3n) is 2.40. The number of halogens is 2. The average Bonchev–Trinajstić information content (AvgIpc) is 2.14. The molecule has 0 heterocycles. The maximum atomic E-state index is 8.78. The summed E-state index contributed by atoms with van der Waals surface area (Å²) < 4.78 is 0. The molecule has 0 bridgehead atoms. The van der Waals surface area contributed by atoms with Gasteiger partial charge in [0.25, 0.3) is 0 Å². The van der Waals surface area contributed by atoms with Crippen LogP contribution in [0.3, 0.4) is 0 Å². The molecule has 1 aromatic rings. The zero-order chi connectivity index (χ0) is 11.5. The number of aliphatic hydroxyl groups is 1. The molecular weight excluding hydrogens is 233 g/mol. The fourth-order valence-electron chi connectivity index (χ4n) is 1.53. The van der Waals surface area contributed by atoms with Gasteiger partial charge in [-0.25, -0.2) is 0 Å². The van der Waals surface area contributed by atoms with E-state index < -0.39 is 5.54 Å². The molecule has 84 valence electrons. The van der Waals surface area contributed by atoms with E-state index in [2.05, 4.69) is 0 Å². The van der Waals surface area contributed by atoms with Crippen molar-refractivity contribution in [2.24, 2.45) is 5.73 Å². The first-order valence-electron chi connectivity index (χ1n) is 4.82. The Morgan fingerprint density at radius 3 is 2.60 bits per heavy atom. The van der Waals surface area contributed by atoms with Gasteiger partial charge in [0.1, 0.15) is 0 Å². The monoisotopic (exact) mass is 247 g/mol. The molecule has 3 N–H and O–H groups in total. The van der Waals surface area contributed by atoms with E-state index in [1.807, 2.05) is 13.0 Å². The minimum Gasteiger partial charge on any atom is -0.396 e. The molecule has 2 nitrogen and oxygen atoms in total. The van der Waals surface area contributed by atoms with Gasteiger partial charge in [0, 0.05) is 22.2 Å². The second kappa shape index (κ2) is 5.17. The van der Waals surface area contributed by atoms with Crippen LogP contribution in [-0.2, 0) is 5.54 Å². The van der Waals surface area contributed by atoms with Crippen LogP contribution in [0.2, 0.25) is 10.0 Å². The number of hydrogen-bond acceptors (Lipinski definition) is 2. The first-order valence-corrected chi connectivity index (χ1v) is 5.58. The zero-order valence-electron chi connectivity index (χ0n) is 8.63. The molecule has 1 rings (SSSR count). The third-order valence-corrected chi connectivity index (χ3v) is 2.95. The van der Waals surface area contributed by atoms with Crippen molar-refractivity contribution in [1.29, 1.82) is 0 Å². The molecule has 0 amide bonds. The van der Waals surface area contributed by atoms with Crippen LogP contribution in [0.15, 0.2) is 18.2 Å². The van der Waals surface area contributed by atoms with Crippen molar-refractivity contribution < 1.29 is 5.11 Å². The summed E-state index contributed by atoms with van der Waals surface area (Å²) >= 11 is 11.9. The molecular formula is C11H15Cl2NO. The summed E-state index contributed by atoms with van der Waals surface area (Å²) in [4.78, 5) is 0. The predicted octanol–water partition coefficient (Wildman–Crippen LogP) is 2.94. The van der Waals surface area contributed by atoms with E-state index in [0.717, 1.165) is 5.56 Å². The van der Waals surface area contributed by atoms with Gasteiger partial charge in [0.05, 0.1) is 0 Å². The third kappa shape index (κ3) is 3.35. The second-order valence-corrected chi connectivity index (χ2v) is 4.71. The minimum absolute atomic E-state index is 0.137. The molecule has 1 aromatic carbocycles. The van der Waals surface area contributed by atoms with Crippen LogP contribution in [0, 0.1) is 0 Å². The van der Waals surface area contributed by atoms with Crippen molar-refractivity contribution in [1.82, 2.24) is 0 Å². The smallest absolute Gasteiger partial charge is 0.0471 e. The van der Waals surface area contributed by atoms with Gasteiger partial charge in [0.2, 0.25) is 0 Å². The SMILES string of the molecule is CC(N)(CCCO)c1ccc(Cl)cc1Cl. The molecule has 1 unspecified atom stereocenters. The molecule has 0 saturated heterocycles. The Kier molecular flexibility index (Phi) is 4.41. The van der Waals surface area contributed by atoms with E-state index >= 15 is 0 Å². The van der Waals surface area contributed by atoms with E-state index in [-0.39, 0.29) is 6.61 Å². The summed E-state index contributed by atoms with van der Waals surface area (Å²) in [6, 6.07) is 5.29. The van der Waals surface area contributed by atoms with Gasteiger partial charge in [-0.1, -0.05) is 29.3 Å². The van der Waals surface area contributed by atoms with Crippen molar-refractivity contribution >= 4 is 23.2 Å². The first-order chi connectivity index (χ1) is 6.97. The highest BCUT2D eigenvalue weighted by Crippen LogP contribution is 2.31. The number of nitrogens with two attached hydrogens (primary N) is 1. The molecule has 0 aliphatic rings. The summed E-state index contributed by atoms with van der Waals surface area (Å²) in [5.41, 5.74) is 6.48. The van der Waals surface area contributed by atoms with Crippen molar-refractivity contribution in [3.63, 3.8) is 0 Å². The van der Waals surface area contributed by atoms with E-state index in [1.54, 1.807) is 12.1 Å². The summed E-state index contributed by atoms with van der Waals surface area (Å²) in [5.74, 6) is 0. The van der Waals surface area contributed by atoms with Crippen LogP contribution < -0.4 is 5.73 Å². The summed E-state index contributed by atoms with van der Waals surface area (Å²) in [6.45, 7) is 2.04. The maximum absolute atomic E-state index is 8.78. The summed E-state index contributed by atoms with van der Waals surface area (Å²) in [6.07, 6.45) is 1.34. The van der Waals surface area contributed by atoms with E-state index in [1.165, 1.54) is 0 Å². The van der Waals surface area contributed by atoms with E-state index in [9.17, 15) is 0 Å². The molecule has 0 aliphatic heterocycles. The lowest BCUT2D eigenvalue weighted by atomic mass is 9.88. The van der Waals surface area contributed by atoms with Gasteiger partial charge in [-0.2, -0.15) is 0 Å². The van der Waals surface area contributed by atoms with Gasteiger partial charge in [-0.05, 0) is 37.5 Å². The van der Waals surface area contributed by atoms with Crippen LogP contribution in [-0.4, -0.2) is 11.7 Å². The average molecular weight is 248 g/mol. The summed E-state index contributed by atoms with van der Waals surface area (Å²) in [5, 5.41) is 9.95. The van der Waals surface area contributed by atoms with Gasteiger partial charge in [-0.3, -0.25) is 0 Å². The van der Waals surface area contributed by atoms with E-state index in [4.69, 9.17) is 34.0 Å². The van der Waals surface area contributed by atoms with Gasteiger partial charge >= 0.3 is 0 Å². The number of benzene rings is 1. The Hall–Kier alpha value is -0.280. The first kappa shape index (κ1) is 12.8. The van der Waals surface area contributed by atoms with Crippen molar-refractivity contribution in [2.75, 3.05) is 6.61 Å². The maximum Gasteiger partial charge on any atom is 0.0471 e. The minimum atomic E-state index is -0.523. The Bertz CT molecular complexity index is 339. The van der Waals surface area contributed by atoms with Gasteiger partial charge in [-0.15, -0.1) is 0 Å². The fourth-order valence-corrected chi connectivity index (χ4v) is 2.16. The molecule has 1 atom stereocenters. The van der Waals surface area contributed by atoms with Crippen LogP contribution in [0.1, 0.15) is 25.3 Å². The standard InChI is InChI=1S/C11H15Cl2NO/c1-11(14,5-2-6-15)9-4-3-8(12)7-10(9)13/h3-4,7,15H,2,5-6,14H2,1H3. The molecule has 0 aliphatic carbocycles. The summed E-state index contributed by atoms with van der Waals surface area (Å²) in [7, 11) is 0. The topological polar surface area (TPSA) is 46.2 Å². The lowest BCUT2D eigenvalue weighted by Gasteiger charge is -2.26. The highest BCUT2D eigenvalue weighted by molar-refractivity contribution is 6.35. The zero-order valence-corrected chi connectivity index (χ0v) is 10.1.